The summed E-state index contributed by atoms with van der Waals surface area (Å²) in [4.78, 5) is 10.8. The summed E-state index contributed by atoms with van der Waals surface area (Å²) in [6.45, 7) is 5.05. The monoisotopic (exact) mass is 290 g/mol. The number of amides is 1. The van der Waals surface area contributed by atoms with Crippen molar-refractivity contribution in [1.82, 2.24) is 20.1 Å². The second-order valence-electron chi connectivity index (χ2n) is 4.25. The van der Waals surface area contributed by atoms with Gasteiger partial charge in [0.2, 0.25) is 5.91 Å². The summed E-state index contributed by atoms with van der Waals surface area (Å²) in [5.74, 6) is 1.66. The van der Waals surface area contributed by atoms with E-state index in [-0.39, 0.29) is 5.91 Å². The zero-order valence-electron chi connectivity index (χ0n) is 11.7. The lowest BCUT2D eigenvalue weighted by Gasteiger charge is -2.07. The van der Waals surface area contributed by atoms with E-state index < -0.39 is 0 Å². The van der Waals surface area contributed by atoms with Gasteiger partial charge in [0, 0.05) is 31.3 Å². The number of aromatic nitrogens is 3. The van der Waals surface area contributed by atoms with Crippen molar-refractivity contribution in [3.05, 3.63) is 30.3 Å². The van der Waals surface area contributed by atoms with Crippen LogP contribution in [0.25, 0.3) is 11.4 Å². The molecule has 2 rings (SSSR count). The molecule has 0 aliphatic rings. The van der Waals surface area contributed by atoms with Crippen molar-refractivity contribution in [2.75, 3.05) is 12.3 Å². The molecule has 5 nitrogen and oxygen atoms in total. The zero-order valence-corrected chi connectivity index (χ0v) is 12.5. The minimum Gasteiger partial charge on any atom is -0.356 e. The highest BCUT2D eigenvalue weighted by Gasteiger charge is 2.12. The van der Waals surface area contributed by atoms with Gasteiger partial charge in [-0.1, -0.05) is 42.1 Å². The van der Waals surface area contributed by atoms with Gasteiger partial charge in [0.05, 0.1) is 0 Å². The molecule has 6 heteroatoms. The van der Waals surface area contributed by atoms with Crippen molar-refractivity contribution in [2.45, 2.75) is 25.5 Å². The van der Waals surface area contributed by atoms with Crippen LogP contribution in [0.4, 0.5) is 0 Å². The summed E-state index contributed by atoms with van der Waals surface area (Å²) in [7, 11) is 0. The van der Waals surface area contributed by atoms with E-state index in [0.29, 0.717) is 6.54 Å². The van der Waals surface area contributed by atoms with E-state index in [2.05, 4.69) is 27.0 Å². The fraction of sp³-hybridized carbons (Fsp3) is 0.357. The summed E-state index contributed by atoms with van der Waals surface area (Å²) < 4.78 is 2.09. The average molecular weight is 290 g/mol. The zero-order chi connectivity index (χ0) is 14.4. The van der Waals surface area contributed by atoms with Gasteiger partial charge in [-0.15, -0.1) is 10.2 Å². The number of hydrogen-bond acceptors (Lipinski definition) is 4. The number of carbonyl (C=O) groups excluding carboxylic acids is 1. The van der Waals surface area contributed by atoms with Gasteiger partial charge in [-0.25, -0.2) is 0 Å². The molecule has 0 radical (unpaired) electrons. The lowest BCUT2D eigenvalue weighted by Crippen LogP contribution is -2.22. The van der Waals surface area contributed by atoms with E-state index in [1.807, 2.05) is 30.3 Å². The molecule has 1 heterocycles. The fourth-order valence-electron chi connectivity index (χ4n) is 1.85. The van der Waals surface area contributed by atoms with E-state index in [0.717, 1.165) is 28.8 Å². The quantitative estimate of drug-likeness (QED) is 0.654. The summed E-state index contributed by atoms with van der Waals surface area (Å²) >= 11 is 1.60. The molecule has 1 aromatic heterocycles. The Morgan fingerprint density at radius 3 is 2.70 bits per heavy atom. The lowest BCUT2D eigenvalue weighted by atomic mass is 10.2. The third-order valence-electron chi connectivity index (χ3n) is 2.77. The predicted octanol–water partition coefficient (Wildman–Crippen LogP) is 2.19. The SMILES string of the molecule is CCn1c(SCCNC(C)=O)nnc1-c1ccccc1. The number of benzene rings is 1. The first-order valence-electron chi connectivity index (χ1n) is 6.58. The molecule has 106 valence electrons. The maximum Gasteiger partial charge on any atom is 0.216 e. The van der Waals surface area contributed by atoms with Gasteiger partial charge in [0.15, 0.2) is 11.0 Å². The van der Waals surface area contributed by atoms with Crippen LogP contribution in [-0.4, -0.2) is 33.0 Å². The molecule has 0 saturated carbocycles. The van der Waals surface area contributed by atoms with Gasteiger partial charge in [-0.05, 0) is 6.92 Å². The van der Waals surface area contributed by atoms with Crippen LogP contribution < -0.4 is 5.32 Å². The normalized spacial score (nSPS) is 10.5. The summed E-state index contributed by atoms with van der Waals surface area (Å²) in [6, 6.07) is 10.0. The van der Waals surface area contributed by atoms with Crippen LogP contribution in [0.5, 0.6) is 0 Å². The third-order valence-corrected chi connectivity index (χ3v) is 3.74. The molecule has 0 fully saturated rings. The molecular formula is C14H18N4OS. The minimum absolute atomic E-state index is 0.00691. The first-order chi connectivity index (χ1) is 9.72. The first-order valence-corrected chi connectivity index (χ1v) is 7.56. The predicted molar refractivity (Wildman–Crippen MR) is 80.5 cm³/mol. The van der Waals surface area contributed by atoms with Crippen LogP contribution in [-0.2, 0) is 11.3 Å². The molecule has 0 unspecified atom stereocenters. The molecule has 20 heavy (non-hydrogen) atoms. The lowest BCUT2D eigenvalue weighted by molar-refractivity contribution is -0.118. The Kier molecular flexibility index (Phi) is 5.17. The van der Waals surface area contributed by atoms with E-state index in [9.17, 15) is 4.79 Å². The molecular weight excluding hydrogens is 272 g/mol. The second-order valence-corrected chi connectivity index (χ2v) is 5.31. The summed E-state index contributed by atoms with van der Waals surface area (Å²) in [5, 5.41) is 12.2. The van der Waals surface area contributed by atoms with Crippen LogP contribution in [0.1, 0.15) is 13.8 Å². The van der Waals surface area contributed by atoms with E-state index in [1.165, 1.54) is 6.92 Å². The van der Waals surface area contributed by atoms with Gasteiger partial charge in [0.25, 0.3) is 0 Å². The molecule has 1 amide bonds. The van der Waals surface area contributed by atoms with E-state index in [1.54, 1.807) is 11.8 Å². The van der Waals surface area contributed by atoms with Gasteiger partial charge >= 0.3 is 0 Å². The van der Waals surface area contributed by atoms with E-state index >= 15 is 0 Å². The molecule has 0 aliphatic heterocycles. The van der Waals surface area contributed by atoms with Gasteiger partial charge < -0.3 is 9.88 Å². The average Bonchev–Trinajstić information content (AvgIpc) is 2.87. The summed E-state index contributed by atoms with van der Waals surface area (Å²) in [6.07, 6.45) is 0. The molecule has 0 aliphatic carbocycles. The third kappa shape index (κ3) is 3.60. The maximum absolute atomic E-state index is 10.8. The smallest absolute Gasteiger partial charge is 0.216 e. The van der Waals surface area contributed by atoms with Crippen molar-refractivity contribution in [3.63, 3.8) is 0 Å². The van der Waals surface area contributed by atoms with Crippen LogP contribution in [0.3, 0.4) is 0 Å². The molecule has 0 atom stereocenters. The molecule has 1 aromatic carbocycles. The Bertz CT molecular complexity index is 568. The Hall–Kier alpha value is -1.82. The van der Waals surface area contributed by atoms with Crippen LogP contribution in [0.2, 0.25) is 0 Å². The van der Waals surface area contributed by atoms with Gasteiger partial charge in [-0.2, -0.15) is 0 Å². The van der Waals surface area contributed by atoms with Crippen molar-refractivity contribution in [1.29, 1.82) is 0 Å². The highest BCUT2D eigenvalue weighted by molar-refractivity contribution is 7.99. The number of thioether (sulfide) groups is 1. The maximum atomic E-state index is 10.8. The number of rotatable bonds is 6. The topological polar surface area (TPSA) is 59.8 Å². The van der Waals surface area contributed by atoms with Crippen molar-refractivity contribution < 1.29 is 4.79 Å². The number of carbonyl (C=O) groups is 1. The van der Waals surface area contributed by atoms with Crippen LogP contribution >= 0.6 is 11.8 Å². The van der Waals surface area contributed by atoms with Crippen LogP contribution in [0, 0.1) is 0 Å². The molecule has 1 N–H and O–H groups in total. The molecule has 0 spiro atoms. The van der Waals surface area contributed by atoms with Crippen molar-refractivity contribution in [2.24, 2.45) is 0 Å². The Morgan fingerprint density at radius 2 is 2.05 bits per heavy atom. The van der Waals surface area contributed by atoms with Crippen LogP contribution in [0.15, 0.2) is 35.5 Å². The fourth-order valence-corrected chi connectivity index (χ4v) is 2.71. The summed E-state index contributed by atoms with van der Waals surface area (Å²) in [5.41, 5.74) is 1.07. The highest BCUT2D eigenvalue weighted by atomic mass is 32.2. The van der Waals surface area contributed by atoms with Gasteiger partial charge in [0.1, 0.15) is 0 Å². The van der Waals surface area contributed by atoms with Crippen molar-refractivity contribution in [3.8, 4) is 11.4 Å². The Labute approximate surface area is 122 Å². The van der Waals surface area contributed by atoms with Gasteiger partial charge in [-0.3, -0.25) is 4.79 Å². The first kappa shape index (κ1) is 14.6. The number of hydrogen-bond donors (Lipinski definition) is 1. The van der Waals surface area contributed by atoms with Crippen molar-refractivity contribution >= 4 is 17.7 Å². The van der Waals surface area contributed by atoms with E-state index in [4.69, 9.17) is 0 Å². The second kappa shape index (κ2) is 7.09. The molecule has 0 bridgehead atoms. The Balaban J connectivity index is 2.08. The standard InChI is InChI=1S/C14H18N4OS/c1-3-18-13(12-7-5-4-6-8-12)16-17-14(18)20-10-9-15-11(2)19/h4-8H,3,9-10H2,1-2H3,(H,15,19). The Morgan fingerprint density at radius 1 is 1.30 bits per heavy atom. The molecule has 2 aromatic rings. The minimum atomic E-state index is -0.00691. The largest absolute Gasteiger partial charge is 0.356 e. The number of nitrogens with zero attached hydrogens (tertiary/aromatic N) is 3. The molecule has 0 saturated heterocycles. The number of nitrogens with one attached hydrogen (secondary N) is 1. The highest BCUT2D eigenvalue weighted by Crippen LogP contribution is 2.23.